The van der Waals surface area contributed by atoms with Crippen molar-refractivity contribution in [2.24, 2.45) is 0 Å². The molecule has 2 N–H and O–H groups in total. The van der Waals surface area contributed by atoms with Crippen molar-refractivity contribution in [1.82, 2.24) is 5.32 Å². The molecule has 3 rings (SSSR count). The molecule has 0 aromatic heterocycles. The fourth-order valence-electron chi connectivity index (χ4n) is 2.37. The highest BCUT2D eigenvalue weighted by Gasteiger charge is 2.03. The van der Waals surface area contributed by atoms with Crippen LogP contribution >= 0.6 is 0 Å². The van der Waals surface area contributed by atoms with E-state index in [1.54, 1.807) is 19.2 Å². The Morgan fingerprint density at radius 1 is 0.846 bits per heavy atom. The monoisotopic (exact) mass is 348 g/mol. The van der Waals surface area contributed by atoms with Crippen molar-refractivity contribution in [1.29, 1.82) is 0 Å². The summed E-state index contributed by atoms with van der Waals surface area (Å²) in [6.45, 7) is 0.415. The molecule has 0 aliphatic carbocycles. The van der Waals surface area contributed by atoms with Gasteiger partial charge in [0.15, 0.2) is 0 Å². The van der Waals surface area contributed by atoms with Crippen LogP contribution in [0.3, 0.4) is 0 Å². The molecule has 0 radical (unpaired) electrons. The van der Waals surface area contributed by atoms with Gasteiger partial charge >= 0.3 is 6.03 Å². The van der Waals surface area contributed by atoms with Gasteiger partial charge in [0.1, 0.15) is 17.2 Å². The van der Waals surface area contributed by atoms with Gasteiger partial charge in [0, 0.05) is 12.2 Å². The van der Waals surface area contributed by atoms with Crippen LogP contribution in [0.25, 0.3) is 0 Å². The molecule has 0 atom stereocenters. The first-order valence-corrected chi connectivity index (χ1v) is 8.24. The maximum atomic E-state index is 12.0. The van der Waals surface area contributed by atoms with Crippen molar-refractivity contribution in [2.45, 2.75) is 6.54 Å². The van der Waals surface area contributed by atoms with Crippen LogP contribution in [-0.4, -0.2) is 13.1 Å². The van der Waals surface area contributed by atoms with E-state index in [4.69, 9.17) is 9.47 Å². The van der Waals surface area contributed by atoms with E-state index in [1.807, 2.05) is 66.7 Å². The third-order valence-electron chi connectivity index (χ3n) is 3.68. The van der Waals surface area contributed by atoms with Crippen LogP contribution in [0.15, 0.2) is 78.9 Å². The third-order valence-corrected chi connectivity index (χ3v) is 3.68. The first kappa shape index (κ1) is 17.4. The molecule has 0 unspecified atom stereocenters. The zero-order chi connectivity index (χ0) is 18.2. The Labute approximate surface area is 152 Å². The second-order valence-corrected chi connectivity index (χ2v) is 5.60. The summed E-state index contributed by atoms with van der Waals surface area (Å²) in [5.74, 6) is 2.24. The maximum Gasteiger partial charge on any atom is 0.319 e. The molecule has 0 spiro atoms. The van der Waals surface area contributed by atoms with Crippen molar-refractivity contribution in [3.63, 3.8) is 0 Å². The van der Waals surface area contributed by atoms with Gasteiger partial charge in [0.2, 0.25) is 0 Å². The van der Waals surface area contributed by atoms with Crippen LogP contribution in [0.4, 0.5) is 10.5 Å². The second kappa shape index (κ2) is 8.58. The van der Waals surface area contributed by atoms with Gasteiger partial charge in [-0.3, -0.25) is 0 Å². The van der Waals surface area contributed by atoms with Crippen molar-refractivity contribution in [2.75, 3.05) is 12.4 Å². The fourth-order valence-corrected chi connectivity index (χ4v) is 2.37. The summed E-state index contributed by atoms with van der Waals surface area (Å²) < 4.78 is 10.9. The van der Waals surface area contributed by atoms with Gasteiger partial charge in [-0.2, -0.15) is 0 Å². The molecule has 0 heterocycles. The Morgan fingerprint density at radius 3 is 2.27 bits per heavy atom. The largest absolute Gasteiger partial charge is 0.497 e. The average molecular weight is 348 g/mol. The minimum atomic E-state index is -0.274. The Morgan fingerprint density at radius 2 is 1.54 bits per heavy atom. The first-order chi connectivity index (χ1) is 12.7. The molecular weight excluding hydrogens is 328 g/mol. The number of methoxy groups -OCH3 is 1. The van der Waals surface area contributed by atoms with Crippen LogP contribution in [-0.2, 0) is 6.54 Å². The predicted octanol–water partition coefficient (Wildman–Crippen LogP) is 4.81. The van der Waals surface area contributed by atoms with Crippen molar-refractivity contribution >= 4 is 11.7 Å². The Hall–Kier alpha value is -3.47. The highest BCUT2D eigenvalue weighted by Crippen LogP contribution is 2.22. The van der Waals surface area contributed by atoms with E-state index in [1.165, 1.54) is 0 Å². The lowest BCUT2D eigenvalue weighted by Crippen LogP contribution is -2.28. The van der Waals surface area contributed by atoms with Crippen molar-refractivity contribution in [3.05, 3.63) is 84.4 Å². The van der Waals surface area contributed by atoms with E-state index >= 15 is 0 Å². The molecule has 0 aliphatic rings. The minimum absolute atomic E-state index is 0.274. The summed E-state index contributed by atoms with van der Waals surface area (Å²) >= 11 is 0. The molecule has 3 aromatic carbocycles. The standard InChI is InChI=1S/C21H20N2O3/c1-25-20-9-5-6-16(14-20)15-22-21(24)23-17-10-12-19(13-11-17)26-18-7-3-2-4-8-18/h2-14H,15H2,1H3,(H2,22,23,24). The molecule has 0 fully saturated rings. The van der Waals surface area contributed by atoms with Gasteiger partial charge in [0.25, 0.3) is 0 Å². The highest BCUT2D eigenvalue weighted by molar-refractivity contribution is 5.89. The van der Waals surface area contributed by atoms with Crippen LogP contribution < -0.4 is 20.1 Å². The summed E-state index contributed by atoms with van der Waals surface area (Å²) in [7, 11) is 1.62. The predicted molar refractivity (Wildman–Crippen MR) is 102 cm³/mol. The van der Waals surface area contributed by atoms with Crippen LogP contribution in [0, 0.1) is 0 Å². The molecule has 0 saturated heterocycles. The number of ether oxygens (including phenoxy) is 2. The van der Waals surface area contributed by atoms with Gasteiger partial charge in [-0.05, 0) is 54.1 Å². The lowest BCUT2D eigenvalue weighted by molar-refractivity contribution is 0.251. The minimum Gasteiger partial charge on any atom is -0.497 e. The number of benzene rings is 3. The molecule has 2 amide bonds. The quantitative estimate of drug-likeness (QED) is 0.672. The van der Waals surface area contributed by atoms with E-state index in [2.05, 4.69) is 10.6 Å². The third kappa shape index (κ3) is 5.01. The molecule has 0 saturated carbocycles. The Balaban J connectivity index is 1.51. The molecular formula is C21H20N2O3. The van der Waals surface area contributed by atoms with Gasteiger partial charge in [-0.1, -0.05) is 30.3 Å². The number of anilines is 1. The molecule has 132 valence electrons. The van der Waals surface area contributed by atoms with Gasteiger partial charge in [0.05, 0.1) is 7.11 Å². The molecule has 5 nitrogen and oxygen atoms in total. The summed E-state index contributed by atoms with van der Waals surface area (Å²) in [5, 5.41) is 5.61. The molecule has 5 heteroatoms. The van der Waals surface area contributed by atoms with Crippen LogP contribution in [0.5, 0.6) is 17.2 Å². The molecule has 0 aliphatic heterocycles. The summed E-state index contributed by atoms with van der Waals surface area (Å²) in [6, 6.07) is 24.0. The normalized spacial score (nSPS) is 10.0. The number of nitrogens with one attached hydrogen (secondary N) is 2. The van der Waals surface area contributed by atoms with Crippen LogP contribution in [0.2, 0.25) is 0 Å². The average Bonchev–Trinajstić information content (AvgIpc) is 2.69. The fraction of sp³-hybridized carbons (Fsp3) is 0.0952. The zero-order valence-electron chi connectivity index (χ0n) is 14.4. The van der Waals surface area contributed by atoms with Crippen molar-refractivity contribution < 1.29 is 14.3 Å². The second-order valence-electron chi connectivity index (χ2n) is 5.60. The van der Waals surface area contributed by atoms with E-state index in [9.17, 15) is 4.79 Å². The zero-order valence-corrected chi connectivity index (χ0v) is 14.4. The van der Waals surface area contributed by atoms with Gasteiger partial charge < -0.3 is 20.1 Å². The number of rotatable bonds is 6. The number of hydrogen-bond acceptors (Lipinski definition) is 3. The van der Waals surface area contributed by atoms with E-state index in [0.29, 0.717) is 18.0 Å². The summed E-state index contributed by atoms with van der Waals surface area (Å²) in [4.78, 5) is 12.0. The molecule has 3 aromatic rings. The number of hydrogen-bond donors (Lipinski definition) is 2. The Bertz CT molecular complexity index is 849. The summed E-state index contributed by atoms with van der Waals surface area (Å²) in [5.41, 5.74) is 1.65. The molecule has 26 heavy (non-hydrogen) atoms. The lowest BCUT2D eigenvalue weighted by Gasteiger charge is -2.10. The Kier molecular flexibility index (Phi) is 5.72. The SMILES string of the molecule is COc1cccc(CNC(=O)Nc2ccc(Oc3ccccc3)cc2)c1. The van der Waals surface area contributed by atoms with E-state index in [0.717, 1.165) is 17.1 Å². The summed E-state index contributed by atoms with van der Waals surface area (Å²) in [6.07, 6.45) is 0. The van der Waals surface area contributed by atoms with E-state index < -0.39 is 0 Å². The number of carbonyl (C=O) groups excluding carboxylic acids is 1. The highest BCUT2D eigenvalue weighted by atomic mass is 16.5. The van der Waals surface area contributed by atoms with Crippen molar-refractivity contribution in [3.8, 4) is 17.2 Å². The number of urea groups is 1. The topological polar surface area (TPSA) is 59.6 Å². The lowest BCUT2D eigenvalue weighted by atomic mass is 10.2. The van der Waals surface area contributed by atoms with Crippen LogP contribution in [0.1, 0.15) is 5.56 Å². The smallest absolute Gasteiger partial charge is 0.319 e. The number of amides is 2. The van der Waals surface area contributed by atoms with E-state index in [-0.39, 0.29) is 6.03 Å². The number of para-hydroxylation sites is 1. The first-order valence-electron chi connectivity index (χ1n) is 8.24. The number of carbonyl (C=O) groups is 1. The van der Waals surface area contributed by atoms with Gasteiger partial charge in [-0.15, -0.1) is 0 Å². The molecule has 0 bridgehead atoms. The van der Waals surface area contributed by atoms with Gasteiger partial charge in [-0.25, -0.2) is 4.79 Å². The maximum absolute atomic E-state index is 12.0.